The van der Waals surface area contributed by atoms with Crippen molar-refractivity contribution in [2.75, 3.05) is 31.6 Å². The fourth-order valence-corrected chi connectivity index (χ4v) is 2.32. The molecule has 1 fully saturated rings. The Morgan fingerprint density at radius 1 is 1.47 bits per heavy atom. The van der Waals surface area contributed by atoms with Gasteiger partial charge in [-0.15, -0.1) is 0 Å². The molecule has 4 nitrogen and oxygen atoms in total. The van der Waals surface area contributed by atoms with Crippen molar-refractivity contribution >= 4 is 5.82 Å². The van der Waals surface area contributed by atoms with Crippen LogP contribution in [0.5, 0.6) is 0 Å². The summed E-state index contributed by atoms with van der Waals surface area (Å²) in [6, 6.07) is 7.72. The Morgan fingerprint density at radius 2 is 2.24 bits per heavy atom. The third-order valence-electron chi connectivity index (χ3n) is 3.28. The number of hydrogen-bond donors (Lipinski definition) is 1. The highest BCUT2D eigenvalue weighted by molar-refractivity contribution is 5.41. The van der Waals surface area contributed by atoms with Crippen LogP contribution in [0, 0.1) is 17.2 Å². The molecule has 0 saturated carbocycles. The molecule has 0 atom stereocenters. The van der Waals surface area contributed by atoms with E-state index in [9.17, 15) is 0 Å². The summed E-state index contributed by atoms with van der Waals surface area (Å²) in [5.74, 6) is 1.71. The molecule has 0 radical (unpaired) electrons. The summed E-state index contributed by atoms with van der Waals surface area (Å²) in [5, 5.41) is 12.1. The van der Waals surface area contributed by atoms with E-state index < -0.39 is 0 Å². The van der Waals surface area contributed by atoms with Gasteiger partial charge in [0, 0.05) is 13.1 Å². The Morgan fingerprint density at radius 3 is 2.88 bits per heavy atom. The number of pyridine rings is 1. The number of nitrogens with one attached hydrogen (secondary N) is 1. The Balaban J connectivity index is 1.98. The number of piperidine rings is 1. The molecule has 0 amide bonds. The highest BCUT2D eigenvalue weighted by Gasteiger charge is 2.19. The van der Waals surface area contributed by atoms with E-state index in [-0.39, 0.29) is 0 Å². The average molecular weight is 230 g/mol. The molecule has 1 aromatic rings. The van der Waals surface area contributed by atoms with Crippen molar-refractivity contribution in [2.45, 2.75) is 12.8 Å². The van der Waals surface area contributed by atoms with E-state index in [4.69, 9.17) is 5.26 Å². The van der Waals surface area contributed by atoms with E-state index in [2.05, 4.69) is 21.3 Å². The Bertz CT molecular complexity index is 402. The van der Waals surface area contributed by atoms with Gasteiger partial charge in [-0.25, -0.2) is 4.98 Å². The number of rotatable bonds is 3. The molecule has 17 heavy (non-hydrogen) atoms. The molecule has 1 saturated heterocycles. The standard InChI is InChI=1S/C13H18N4/c1-15-10-11-5-7-17(8-6-11)13-4-2-3-12(9-14)16-13/h2-4,11,15H,5-8,10H2,1H3. The molecular weight excluding hydrogens is 212 g/mol. The van der Waals surface area contributed by atoms with Crippen LogP contribution >= 0.6 is 0 Å². The van der Waals surface area contributed by atoms with E-state index in [1.54, 1.807) is 6.07 Å². The number of nitrogens with zero attached hydrogens (tertiary/aromatic N) is 3. The second-order valence-electron chi connectivity index (χ2n) is 4.48. The fraction of sp³-hybridized carbons (Fsp3) is 0.538. The minimum absolute atomic E-state index is 0.500. The van der Waals surface area contributed by atoms with E-state index in [1.807, 2.05) is 19.2 Å². The van der Waals surface area contributed by atoms with E-state index in [0.29, 0.717) is 5.69 Å². The maximum atomic E-state index is 8.83. The van der Waals surface area contributed by atoms with Gasteiger partial charge < -0.3 is 10.2 Å². The van der Waals surface area contributed by atoms with Gasteiger partial charge in [-0.1, -0.05) is 6.07 Å². The lowest BCUT2D eigenvalue weighted by atomic mass is 9.97. The van der Waals surface area contributed by atoms with Gasteiger partial charge in [-0.05, 0) is 44.5 Å². The minimum atomic E-state index is 0.500. The molecule has 0 spiro atoms. The molecule has 2 heterocycles. The van der Waals surface area contributed by atoms with Gasteiger partial charge in [-0.3, -0.25) is 0 Å². The third-order valence-corrected chi connectivity index (χ3v) is 3.28. The zero-order chi connectivity index (χ0) is 12.1. The van der Waals surface area contributed by atoms with Gasteiger partial charge in [0.25, 0.3) is 0 Å². The first-order chi connectivity index (χ1) is 8.33. The van der Waals surface area contributed by atoms with Crippen LogP contribution in [0.1, 0.15) is 18.5 Å². The second-order valence-corrected chi connectivity index (χ2v) is 4.48. The number of anilines is 1. The van der Waals surface area contributed by atoms with Crippen molar-refractivity contribution in [1.29, 1.82) is 5.26 Å². The molecule has 2 rings (SSSR count). The summed E-state index contributed by atoms with van der Waals surface area (Å²) in [6.45, 7) is 3.17. The van der Waals surface area contributed by atoms with Crippen molar-refractivity contribution in [2.24, 2.45) is 5.92 Å². The molecule has 0 aliphatic carbocycles. The van der Waals surface area contributed by atoms with Gasteiger partial charge in [0.2, 0.25) is 0 Å². The number of hydrogen-bond acceptors (Lipinski definition) is 4. The van der Waals surface area contributed by atoms with Gasteiger partial charge in [0.15, 0.2) is 0 Å². The van der Waals surface area contributed by atoms with Gasteiger partial charge in [-0.2, -0.15) is 5.26 Å². The first kappa shape index (κ1) is 11.9. The average Bonchev–Trinajstić information content (AvgIpc) is 2.40. The summed E-state index contributed by atoms with van der Waals surface area (Å²) in [4.78, 5) is 6.61. The van der Waals surface area contributed by atoms with Gasteiger partial charge in [0.1, 0.15) is 17.6 Å². The molecule has 1 aliphatic rings. The monoisotopic (exact) mass is 230 g/mol. The van der Waals surface area contributed by atoms with Crippen molar-refractivity contribution in [3.8, 4) is 6.07 Å². The summed E-state index contributed by atoms with van der Waals surface area (Å²) < 4.78 is 0. The molecule has 1 N–H and O–H groups in total. The quantitative estimate of drug-likeness (QED) is 0.852. The van der Waals surface area contributed by atoms with Gasteiger partial charge >= 0.3 is 0 Å². The van der Waals surface area contributed by atoms with Crippen molar-refractivity contribution in [3.63, 3.8) is 0 Å². The SMILES string of the molecule is CNCC1CCN(c2cccc(C#N)n2)CC1. The van der Waals surface area contributed by atoms with Crippen LogP contribution in [0.15, 0.2) is 18.2 Å². The summed E-state index contributed by atoms with van der Waals surface area (Å²) in [7, 11) is 2.00. The molecular formula is C13H18N4. The van der Waals surface area contributed by atoms with E-state index in [1.165, 1.54) is 12.8 Å². The Hall–Kier alpha value is -1.60. The van der Waals surface area contributed by atoms with Crippen molar-refractivity contribution in [1.82, 2.24) is 10.3 Å². The minimum Gasteiger partial charge on any atom is -0.357 e. The van der Waals surface area contributed by atoms with Crippen LogP contribution in [-0.2, 0) is 0 Å². The third kappa shape index (κ3) is 2.95. The van der Waals surface area contributed by atoms with E-state index in [0.717, 1.165) is 31.4 Å². The van der Waals surface area contributed by atoms with Crippen LogP contribution in [0.4, 0.5) is 5.82 Å². The van der Waals surface area contributed by atoms with Crippen LogP contribution < -0.4 is 10.2 Å². The Kier molecular flexibility index (Phi) is 3.94. The molecule has 0 unspecified atom stereocenters. The topological polar surface area (TPSA) is 52.0 Å². The second kappa shape index (κ2) is 5.65. The van der Waals surface area contributed by atoms with Crippen molar-refractivity contribution in [3.05, 3.63) is 23.9 Å². The van der Waals surface area contributed by atoms with Crippen LogP contribution in [-0.4, -0.2) is 31.7 Å². The molecule has 0 aromatic carbocycles. The summed E-state index contributed by atoms with van der Waals surface area (Å²) in [5.41, 5.74) is 0.500. The molecule has 1 aromatic heterocycles. The predicted molar refractivity (Wildman–Crippen MR) is 67.8 cm³/mol. The lowest BCUT2D eigenvalue weighted by Gasteiger charge is -2.32. The zero-order valence-corrected chi connectivity index (χ0v) is 10.2. The highest BCUT2D eigenvalue weighted by atomic mass is 15.2. The highest BCUT2D eigenvalue weighted by Crippen LogP contribution is 2.21. The summed E-state index contributed by atoms with van der Waals surface area (Å²) >= 11 is 0. The molecule has 1 aliphatic heterocycles. The summed E-state index contributed by atoms with van der Waals surface area (Å²) in [6.07, 6.45) is 2.39. The first-order valence-electron chi connectivity index (χ1n) is 6.10. The van der Waals surface area contributed by atoms with Crippen LogP contribution in [0.2, 0.25) is 0 Å². The van der Waals surface area contributed by atoms with Crippen molar-refractivity contribution < 1.29 is 0 Å². The van der Waals surface area contributed by atoms with Crippen LogP contribution in [0.3, 0.4) is 0 Å². The number of nitriles is 1. The predicted octanol–water partition coefficient (Wildman–Crippen LogP) is 1.39. The lowest BCUT2D eigenvalue weighted by Crippen LogP contribution is -2.37. The first-order valence-corrected chi connectivity index (χ1v) is 6.10. The maximum absolute atomic E-state index is 8.83. The zero-order valence-electron chi connectivity index (χ0n) is 10.2. The largest absolute Gasteiger partial charge is 0.357 e. The smallest absolute Gasteiger partial charge is 0.142 e. The van der Waals surface area contributed by atoms with E-state index >= 15 is 0 Å². The Labute approximate surface area is 102 Å². The lowest BCUT2D eigenvalue weighted by molar-refractivity contribution is 0.392. The van der Waals surface area contributed by atoms with Crippen LogP contribution in [0.25, 0.3) is 0 Å². The number of aromatic nitrogens is 1. The maximum Gasteiger partial charge on any atom is 0.142 e. The molecule has 0 bridgehead atoms. The fourth-order valence-electron chi connectivity index (χ4n) is 2.32. The molecule has 90 valence electrons. The molecule has 4 heteroatoms. The van der Waals surface area contributed by atoms with Gasteiger partial charge in [0.05, 0.1) is 0 Å². The normalized spacial score (nSPS) is 16.8.